The lowest BCUT2D eigenvalue weighted by Gasteiger charge is -2.06. The van der Waals surface area contributed by atoms with Gasteiger partial charge in [-0.05, 0) is 35.7 Å². The van der Waals surface area contributed by atoms with Gasteiger partial charge >= 0.3 is 0 Å². The topological polar surface area (TPSA) is 51.3 Å². The van der Waals surface area contributed by atoms with Gasteiger partial charge in [-0.1, -0.05) is 31.7 Å². The first-order chi connectivity index (χ1) is 9.70. The van der Waals surface area contributed by atoms with Gasteiger partial charge in [-0.15, -0.1) is 0 Å². The highest BCUT2D eigenvalue weighted by Crippen LogP contribution is 2.23. The van der Waals surface area contributed by atoms with E-state index in [-0.39, 0.29) is 0 Å². The van der Waals surface area contributed by atoms with Crippen molar-refractivity contribution in [3.05, 3.63) is 60.9 Å². The van der Waals surface area contributed by atoms with Crippen LogP contribution in [0.25, 0.3) is 16.8 Å². The molecule has 2 aromatic rings. The van der Waals surface area contributed by atoms with E-state index in [9.17, 15) is 0 Å². The third kappa shape index (κ3) is 3.54. The lowest BCUT2D eigenvalue weighted by Crippen LogP contribution is -2.10. The zero-order valence-corrected chi connectivity index (χ0v) is 11.7. The summed E-state index contributed by atoms with van der Waals surface area (Å²) in [6.07, 6.45) is 5.35. The summed E-state index contributed by atoms with van der Waals surface area (Å²) in [5.74, 6) is 0.631. The molecule has 0 atom stereocenters. The Bertz CT molecular complexity index is 615. The maximum absolute atomic E-state index is 5.85. The van der Waals surface area contributed by atoms with Crippen LogP contribution in [0.2, 0.25) is 0 Å². The van der Waals surface area contributed by atoms with Crippen LogP contribution < -0.4 is 5.73 Å². The normalized spacial score (nSPS) is 11.3. The van der Waals surface area contributed by atoms with Gasteiger partial charge in [0.1, 0.15) is 0 Å². The summed E-state index contributed by atoms with van der Waals surface area (Å²) >= 11 is 0. The minimum Gasteiger partial charge on any atom is -0.387 e. The summed E-state index contributed by atoms with van der Waals surface area (Å²) < 4.78 is 0. The Hall–Kier alpha value is -2.42. The molecule has 20 heavy (non-hydrogen) atoms. The molecule has 0 aliphatic rings. The second-order valence-corrected chi connectivity index (χ2v) is 4.62. The highest BCUT2D eigenvalue weighted by atomic mass is 14.9. The fourth-order valence-electron chi connectivity index (χ4n) is 1.97. The lowest BCUT2D eigenvalue weighted by atomic mass is 10.0. The van der Waals surface area contributed by atoms with E-state index in [1.54, 1.807) is 12.4 Å². The molecular weight excluding hydrogens is 246 g/mol. The highest BCUT2D eigenvalue weighted by Gasteiger charge is 2.02. The minimum absolute atomic E-state index is 0.631. The van der Waals surface area contributed by atoms with Crippen LogP contribution in [0.3, 0.4) is 0 Å². The zero-order chi connectivity index (χ0) is 14.4. The minimum atomic E-state index is 0.631. The number of rotatable bonds is 5. The van der Waals surface area contributed by atoms with Crippen LogP contribution in [0.15, 0.2) is 60.4 Å². The van der Waals surface area contributed by atoms with Gasteiger partial charge in [0.15, 0.2) is 0 Å². The summed E-state index contributed by atoms with van der Waals surface area (Å²) in [4.78, 5) is 8.39. The molecule has 0 spiro atoms. The predicted octanol–water partition coefficient (Wildman–Crippen LogP) is 3.88. The van der Waals surface area contributed by atoms with Crippen LogP contribution in [-0.4, -0.2) is 10.8 Å². The fourth-order valence-corrected chi connectivity index (χ4v) is 1.97. The van der Waals surface area contributed by atoms with Crippen molar-refractivity contribution in [1.82, 2.24) is 4.98 Å². The van der Waals surface area contributed by atoms with Crippen LogP contribution in [0.5, 0.6) is 0 Å². The number of pyridine rings is 1. The van der Waals surface area contributed by atoms with Crippen molar-refractivity contribution in [3.63, 3.8) is 0 Å². The molecule has 0 amide bonds. The van der Waals surface area contributed by atoms with E-state index in [1.807, 2.05) is 24.3 Å². The summed E-state index contributed by atoms with van der Waals surface area (Å²) in [5.41, 5.74) is 9.78. The maximum Gasteiger partial charge on any atom is 0.0996 e. The third-order valence-electron chi connectivity index (χ3n) is 2.99. The van der Waals surface area contributed by atoms with E-state index >= 15 is 0 Å². The number of hydrogen-bond acceptors (Lipinski definition) is 2. The van der Waals surface area contributed by atoms with Gasteiger partial charge in [-0.2, -0.15) is 0 Å². The second-order valence-electron chi connectivity index (χ2n) is 4.62. The Morgan fingerprint density at radius 1 is 1.20 bits per heavy atom. The first kappa shape index (κ1) is 14.0. The number of nitrogens with two attached hydrogens (primary N) is 1. The van der Waals surface area contributed by atoms with Crippen molar-refractivity contribution in [3.8, 4) is 11.1 Å². The largest absolute Gasteiger partial charge is 0.387 e. The highest BCUT2D eigenvalue weighted by molar-refractivity contribution is 5.86. The lowest BCUT2D eigenvalue weighted by molar-refractivity contribution is 0.983. The summed E-state index contributed by atoms with van der Waals surface area (Å²) in [7, 11) is 0. The molecule has 0 saturated heterocycles. The number of aromatic nitrogens is 1. The van der Waals surface area contributed by atoms with Crippen LogP contribution in [0.4, 0.5) is 0 Å². The van der Waals surface area contributed by atoms with Gasteiger partial charge in [-0.3, -0.25) is 4.98 Å². The summed E-state index contributed by atoms with van der Waals surface area (Å²) in [6.45, 7) is 6.08. The molecule has 0 bridgehead atoms. The standard InChI is InChI=1S/C17H19N3/c1-3-5-17(18)20-13(2)15-6-4-7-16(12-15)14-8-10-19-11-9-14/h4,6-12H,2-3,5H2,1H3,(H2,18,20). The molecule has 0 unspecified atom stereocenters. The van der Waals surface area contributed by atoms with Crippen molar-refractivity contribution >= 4 is 11.5 Å². The maximum atomic E-state index is 5.85. The van der Waals surface area contributed by atoms with Crippen LogP contribution >= 0.6 is 0 Å². The quantitative estimate of drug-likeness (QED) is 0.659. The van der Waals surface area contributed by atoms with Crippen LogP contribution in [-0.2, 0) is 0 Å². The molecular formula is C17H19N3. The number of aliphatic imine (C=N–C) groups is 1. The first-order valence-corrected chi connectivity index (χ1v) is 6.73. The summed E-state index contributed by atoms with van der Waals surface area (Å²) in [6, 6.07) is 12.1. The van der Waals surface area contributed by atoms with Gasteiger partial charge < -0.3 is 5.73 Å². The van der Waals surface area contributed by atoms with Crippen molar-refractivity contribution in [2.75, 3.05) is 0 Å². The molecule has 2 rings (SSSR count). The Morgan fingerprint density at radius 3 is 2.65 bits per heavy atom. The molecule has 0 radical (unpaired) electrons. The Kier molecular flexibility index (Phi) is 4.66. The molecule has 3 heteroatoms. The van der Waals surface area contributed by atoms with E-state index in [1.165, 1.54) is 0 Å². The SMILES string of the molecule is C=C(N=C(N)CCC)c1cccc(-c2ccncc2)c1. The van der Waals surface area contributed by atoms with E-state index < -0.39 is 0 Å². The average molecular weight is 265 g/mol. The van der Waals surface area contributed by atoms with Gasteiger partial charge in [-0.25, -0.2) is 4.99 Å². The average Bonchev–Trinajstić information content (AvgIpc) is 2.48. The Morgan fingerprint density at radius 2 is 1.95 bits per heavy atom. The molecule has 1 aromatic carbocycles. The monoisotopic (exact) mass is 265 g/mol. The van der Waals surface area contributed by atoms with Crippen molar-refractivity contribution in [2.45, 2.75) is 19.8 Å². The molecule has 0 aliphatic carbocycles. The number of amidine groups is 1. The van der Waals surface area contributed by atoms with Gasteiger partial charge in [0.05, 0.1) is 11.5 Å². The van der Waals surface area contributed by atoms with Crippen LogP contribution in [0, 0.1) is 0 Å². The molecule has 102 valence electrons. The molecule has 3 nitrogen and oxygen atoms in total. The fraction of sp³-hybridized carbons (Fsp3) is 0.176. The van der Waals surface area contributed by atoms with Gasteiger partial charge in [0.25, 0.3) is 0 Å². The van der Waals surface area contributed by atoms with Crippen molar-refractivity contribution < 1.29 is 0 Å². The van der Waals surface area contributed by atoms with Crippen molar-refractivity contribution in [1.29, 1.82) is 0 Å². The number of benzene rings is 1. The van der Waals surface area contributed by atoms with E-state index in [2.05, 4.69) is 35.6 Å². The molecule has 0 saturated carbocycles. The van der Waals surface area contributed by atoms with Gasteiger partial charge in [0, 0.05) is 24.4 Å². The Labute approximate surface area is 119 Å². The smallest absolute Gasteiger partial charge is 0.0996 e. The zero-order valence-electron chi connectivity index (χ0n) is 11.7. The van der Waals surface area contributed by atoms with E-state index in [0.29, 0.717) is 11.5 Å². The number of hydrogen-bond donors (Lipinski definition) is 1. The first-order valence-electron chi connectivity index (χ1n) is 6.73. The predicted molar refractivity (Wildman–Crippen MR) is 85.2 cm³/mol. The molecule has 1 aromatic heterocycles. The second kappa shape index (κ2) is 6.66. The van der Waals surface area contributed by atoms with E-state index in [4.69, 9.17) is 5.73 Å². The summed E-state index contributed by atoms with van der Waals surface area (Å²) in [5, 5.41) is 0. The van der Waals surface area contributed by atoms with Crippen LogP contribution in [0.1, 0.15) is 25.3 Å². The number of nitrogens with zero attached hydrogens (tertiary/aromatic N) is 2. The molecule has 2 N–H and O–H groups in total. The van der Waals surface area contributed by atoms with Gasteiger partial charge in [0.2, 0.25) is 0 Å². The van der Waals surface area contributed by atoms with E-state index in [0.717, 1.165) is 29.5 Å². The Balaban J connectivity index is 2.27. The molecule has 0 aliphatic heterocycles. The third-order valence-corrected chi connectivity index (χ3v) is 2.99. The van der Waals surface area contributed by atoms with Crippen molar-refractivity contribution in [2.24, 2.45) is 10.7 Å². The molecule has 0 fully saturated rings. The molecule has 1 heterocycles.